The van der Waals surface area contributed by atoms with E-state index < -0.39 is 0 Å². The molecule has 4 N–H and O–H groups in total. The van der Waals surface area contributed by atoms with Gasteiger partial charge in [0.1, 0.15) is 0 Å². The van der Waals surface area contributed by atoms with Gasteiger partial charge in [0.2, 0.25) is 0 Å². The second-order valence-electron chi connectivity index (χ2n) is 10.7. The number of hydrogen-bond donors (Lipinski definition) is 4. The number of rotatable bonds is 5. The number of fused-ring (bicyclic) bond motifs is 1. The summed E-state index contributed by atoms with van der Waals surface area (Å²) in [5.41, 5.74) is 5.24. The van der Waals surface area contributed by atoms with E-state index >= 15 is 0 Å². The summed E-state index contributed by atoms with van der Waals surface area (Å²) in [6, 6.07) is 17.8. The average Bonchev–Trinajstić information content (AvgIpc) is 3.28. The van der Waals surface area contributed by atoms with Gasteiger partial charge in [0.05, 0.1) is 11.5 Å². The van der Waals surface area contributed by atoms with E-state index in [2.05, 4.69) is 46.6 Å². The molecule has 0 saturated heterocycles. The van der Waals surface area contributed by atoms with Gasteiger partial charge in [0.25, 0.3) is 5.91 Å². The first-order valence-corrected chi connectivity index (χ1v) is 12.6. The van der Waals surface area contributed by atoms with Crippen LogP contribution in [0.15, 0.2) is 60.8 Å². The van der Waals surface area contributed by atoms with Gasteiger partial charge in [0, 0.05) is 23.5 Å². The number of nitrogens with zero attached hydrogens (tertiary/aromatic N) is 2. The number of H-pyrrole nitrogens is 1. The van der Waals surface area contributed by atoms with Crippen LogP contribution in [0.1, 0.15) is 62.4 Å². The number of aliphatic hydroxyl groups excluding tert-OH is 1. The molecule has 0 spiro atoms. The zero-order valence-corrected chi connectivity index (χ0v) is 21.0. The molecule has 4 aromatic rings. The van der Waals surface area contributed by atoms with Gasteiger partial charge in [-0.1, -0.05) is 45.0 Å². The molecule has 1 aliphatic rings. The second-order valence-corrected chi connectivity index (χ2v) is 10.7. The van der Waals surface area contributed by atoms with Crippen molar-refractivity contribution < 1.29 is 9.90 Å². The molecule has 186 valence electrons. The maximum Gasteiger partial charge on any atom is 0.255 e. The third-order valence-corrected chi connectivity index (χ3v) is 6.94. The minimum atomic E-state index is -0.203. The van der Waals surface area contributed by atoms with Gasteiger partial charge < -0.3 is 15.7 Å². The average molecular weight is 484 g/mol. The molecular formula is C29H33N5O2. The number of amides is 1. The van der Waals surface area contributed by atoms with Crippen molar-refractivity contribution in [2.24, 2.45) is 0 Å². The van der Waals surface area contributed by atoms with Crippen molar-refractivity contribution in [3.63, 3.8) is 0 Å². The van der Waals surface area contributed by atoms with Crippen LogP contribution in [0.5, 0.6) is 0 Å². The molecule has 0 radical (unpaired) electrons. The summed E-state index contributed by atoms with van der Waals surface area (Å²) in [5.74, 6) is 0.625. The normalized spacial score (nSPS) is 18.2. The maximum absolute atomic E-state index is 12.9. The Labute approximate surface area is 211 Å². The predicted molar refractivity (Wildman–Crippen MR) is 144 cm³/mol. The van der Waals surface area contributed by atoms with Crippen LogP contribution in [-0.2, 0) is 5.41 Å². The van der Waals surface area contributed by atoms with E-state index in [-0.39, 0.29) is 23.5 Å². The zero-order valence-electron chi connectivity index (χ0n) is 21.0. The molecule has 1 aliphatic carbocycles. The molecule has 1 saturated carbocycles. The van der Waals surface area contributed by atoms with Crippen molar-refractivity contribution >= 4 is 28.4 Å². The van der Waals surface area contributed by atoms with Gasteiger partial charge in [-0.3, -0.25) is 9.89 Å². The van der Waals surface area contributed by atoms with E-state index in [1.165, 1.54) is 5.56 Å². The lowest BCUT2D eigenvalue weighted by Crippen LogP contribution is -2.28. The Kier molecular flexibility index (Phi) is 6.49. The van der Waals surface area contributed by atoms with E-state index in [1.807, 2.05) is 54.6 Å². The molecule has 36 heavy (non-hydrogen) atoms. The lowest BCUT2D eigenvalue weighted by Gasteiger charge is -2.26. The summed E-state index contributed by atoms with van der Waals surface area (Å²) in [6.45, 7) is 6.47. The van der Waals surface area contributed by atoms with Crippen LogP contribution in [-0.4, -0.2) is 38.3 Å². The lowest BCUT2D eigenvalue weighted by atomic mass is 9.87. The molecule has 2 aromatic carbocycles. The quantitative estimate of drug-likeness (QED) is 0.283. The molecule has 7 heteroatoms. The minimum absolute atomic E-state index is 0.0399. The second kappa shape index (κ2) is 9.74. The Hall–Kier alpha value is -3.71. The standard InChI is InChI=1S/C29H33N5O2/c1-29(2,3)20-9-7-18(8-10-20)28(36)32-22-6-4-5-19(17-22)24-15-16-30-26-25(24)27(34-33-26)31-21-11-13-23(35)14-12-21/h4-10,15-17,21,23,35H,11-14H2,1-3H3,(H,32,36)(H2,30,31,33,34). The van der Waals surface area contributed by atoms with Crippen molar-refractivity contribution in [2.45, 2.75) is 64.0 Å². The number of pyridine rings is 1. The molecular weight excluding hydrogens is 450 g/mol. The molecule has 5 rings (SSSR count). The Bertz CT molecular complexity index is 1360. The van der Waals surface area contributed by atoms with E-state index in [1.54, 1.807) is 6.20 Å². The highest BCUT2D eigenvalue weighted by atomic mass is 16.3. The summed E-state index contributed by atoms with van der Waals surface area (Å²) in [6.07, 6.45) is 4.97. The Morgan fingerprint density at radius 2 is 1.78 bits per heavy atom. The van der Waals surface area contributed by atoms with Gasteiger partial charge in [0.15, 0.2) is 11.5 Å². The van der Waals surface area contributed by atoms with Gasteiger partial charge in [-0.25, -0.2) is 4.98 Å². The monoisotopic (exact) mass is 483 g/mol. The Balaban J connectivity index is 1.39. The van der Waals surface area contributed by atoms with Crippen molar-refractivity contribution in [1.29, 1.82) is 0 Å². The smallest absolute Gasteiger partial charge is 0.255 e. The molecule has 1 fully saturated rings. The molecule has 0 atom stereocenters. The molecule has 0 bridgehead atoms. The van der Waals surface area contributed by atoms with Crippen molar-refractivity contribution in [3.8, 4) is 11.1 Å². The van der Waals surface area contributed by atoms with E-state index in [0.29, 0.717) is 11.2 Å². The Morgan fingerprint density at radius 3 is 2.50 bits per heavy atom. The SMILES string of the molecule is CC(C)(C)c1ccc(C(=O)Nc2cccc(-c3ccnc4[nH]nc(NC5CCC(O)CC5)c34)c2)cc1. The molecule has 7 nitrogen and oxygen atoms in total. The van der Waals surface area contributed by atoms with Crippen LogP contribution in [0.25, 0.3) is 22.2 Å². The van der Waals surface area contributed by atoms with Crippen LogP contribution in [0.3, 0.4) is 0 Å². The molecule has 2 heterocycles. The van der Waals surface area contributed by atoms with Crippen molar-refractivity contribution in [2.75, 3.05) is 10.6 Å². The van der Waals surface area contributed by atoms with E-state index in [0.717, 1.165) is 53.7 Å². The van der Waals surface area contributed by atoms with Crippen LogP contribution < -0.4 is 10.6 Å². The first-order valence-electron chi connectivity index (χ1n) is 12.6. The number of carbonyl (C=O) groups is 1. The third-order valence-electron chi connectivity index (χ3n) is 6.94. The number of hydrogen-bond acceptors (Lipinski definition) is 5. The summed E-state index contributed by atoms with van der Waals surface area (Å²) in [7, 11) is 0. The highest BCUT2D eigenvalue weighted by Crippen LogP contribution is 2.34. The van der Waals surface area contributed by atoms with Gasteiger partial charge in [-0.2, -0.15) is 5.10 Å². The number of aromatic amines is 1. The van der Waals surface area contributed by atoms with E-state index in [9.17, 15) is 9.90 Å². The first-order chi connectivity index (χ1) is 17.3. The molecule has 0 aliphatic heterocycles. The van der Waals surface area contributed by atoms with Gasteiger partial charge in [-0.15, -0.1) is 0 Å². The lowest BCUT2D eigenvalue weighted by molar-refractivity contribution is 0.102. The van der Waals surface area contributed by atoms with Crippen LogP contribution in [0.2, 0.25) is 0 Å². The van der Waals surface area contributed by atoms with Crippen LogP contribution >= 0.6 is 0 Å². The van der Waals surface area contributed by atoms with Crippen LogP contribution in [0.4, 0.5) is 11.5 Å². The number of carbonyl (C=O) groups excluding carboxylic acids is 1. The molecule has 1 amide bonds. The number of nitrogens with one attached hydrogen (secondary N) is 3. The number of anilines is 2. The highest BCUT2D eigenvalue weighted by Gasteiger charge is 2.22. The van der Waals surface area contributed by atoms with Crippen LogP contribution in [0, 0.1) is 0 Å². The number of aromatic nitrogens is 3. The summed E-state index contributed by atoms with van der Waals surface area (Å²) < 4.78 is 0. The summed E-state index contributed by atoms with van der Waals surface area (Å²) in [4.78, 5) is 17.4. The van der Waals surface area contributed by atoms with Crippen molar-refractivity contribution in [1.82, 2.24) is 15.2 Å². The highest BCUT2D eigenvalue weighted by molar-refractivity contribution is 6.05. The fraction of sp³-hybridized carbons (Fsp3) is 0.345. The van der Waals surface area contributed by atoms with Gasteiger partial charge >= 0.3 is 0 Å². The number of benzene rings is 2. The molecule has 2 aromatic heterocycles. The fourth-order valence-corrected chi connectivity index (χ4v) is 4.80. The summed E-state index contributed by atoms with van der Waals surface area (Å²) >= 11 is 0. The zero-order chi connectivity index (χ0) is 25.3. The third kappa shape index (κ3) is 5.11. The molecule has 0 unspecified atom stereocenters. The maximum atomic E-state index is 12.9. The fourth-order valence-electron chi connectivity index (χ4n) is 4.80. The topological polar surface area (TPSA) is 103 Å². The number of aliphatic hydroxyl groups is 1. The van der Waals surface area contributed by atoms with Crippen molar-refractivity contribution in [3.05, 3.63) is 71.9 Å². The summed E-state index contributed by atoms with van der Waals surface area (Å²) in [5, 5.41) is 24.9. The Morgan fingerprint density at radius 1 is 1.03 bits per heavy atom. The predicted octanol–water partition coefficient (Wildman–Crippen LogP) is 5.89. The van der Waals surface area contributed by atoms with E-state index in [4.69, 9.17) is 0 Å². The van der Waals surface area contributed by atoms with Gasteiger partial charge in [-0.05, 0) is 78.1 Å². The minimum Gasteiger partial charge on any atom is -0.393 e. The first kappa shape index (κ1) is 24.0. The largest absolute Gasteiger partial charge is 0.393 e.